The highest BCUT2D eigenvalue weighted by atomic mass is 79.9. The highest BCUT2D eigenvalue weighted by Crippen LogP contribution is 2.10. The summed E-state index contributed by atoms with van der Waals surface area (Å²) in [5.74, 6) is 0. The van der Waals surface area contributed by atoms with Crippen molar-refractivity contribution in [3.05, 3.63) is 28.5 Å². The molecule has 0 spiro atoms. The minimum atomic E-state index is 0.549. The van der Waals surface area contributed by atoms with E-state index in [1.807, 2.05) is 12.3 Å². The SMILES string of the molecule is CC(C)N(CCBr)Cc1ccc(Br)cn1. The standard InChI is InChI=1S/C11H16Br2N2/c1-9(2)15(6-5-12)8-11-4-3-10(13)7-14-11/h3-4,7,9H,5-6,8H2,1-2H3. The first-order valence-electron chi connectivity index (χ1n) is 5.04. The lowest BCUT2D eigenvalue weighted by Gasteiger charge is -2.25. The van der Waals surface area contributed by atoms with Gasteiger partial charge in [-0.3, -0.25) is 9.88 Å². The van der Waals surface area contributed by atoms with Crippen LogP contribution in [0.25, 0.3) is 0 Å². The van der Waals surface area contributed by atoms with Crippen LogP contribution in [0.3, 0.4) is 0 Å². The van der Waals surface area contributed by atoms with Crippen LogP contribution in [-0.4, -0.2) is 27.8 Å². The summed E-state index contributed by atoms with van der Waals surface area (Å²) < 4.78 is 1.03. The van der Waals surface area contributed by atoms with Crippen molar-refractivity contribution in [3.63, 3.8) is 0 Å². The molecule has 0 atom stereocenters. The highest BCUT2D eigenvalue weighted by molar-refractivity contribution is 9.10. The molecule has 4 heteroatoms. The van der Waals surface area contributed by atoms with Crippen molar-refractivity contribution < 1.29 is 0 Å². The van der Waals surface area contributed by atoms with Gasteiger partial charge >= 0.3 is 0 Å². The second kappa shape index (κ2) is 6.61. The molecule has 0 saturated carbocycles. The molecule has 0 aliphatic heterocycles. The van der Waals surface area contributed by atoms with E-state index in [2.05, 4.69) is 61.7 Å². The second-order valence-electron chi connectivity index (χ2n) is 3.72. The number of hydrogen-bond acceptors (Lipinski definition) is 2. The van der Waals surface area contributed by atoms with Crippen LogP contribution < -0.4 is 0 Å². The second-order valence-corrected chi connectivity index (χ2v) is 5.43. The molecule has 1 aromatic heterocycles. The van der Waals surface area contributed by atoms with Gasteiger partial charge in [-0.25, -0.2) is 0 Å². The Kier molecular flexibility index (Phi) is 5.79. The van der Waals surface area contributed by atoms with Gasteiger partial charge in [0.2, 0.25) is 0 Å². The van der Waals surface area contributed by atoms with Gasteiger partial charge < -0.3 is 0 Å². The monoisotopic (exact) mass is 334 g/mol. The van der Waals surface area contributed by atoms with Gasteiger partial charge in [0.1, 0.15) is 0 Å². The molecular formula is C11H16Br2N2. The normalized spacial score (nSPS) is 11.3. The van der Waals surface area contributed by atoms with Crippen LogP contribution in [0, 0.1) is 0 Å². The van der Waals surface area contributed by atoms with Crippen molar-refractivity contribution in [2.45, 2.75) is 26.4 Å². The van der Waals surface area contributed by atoms with Gasteiger partial charge in [0, 0.05) is 35.1 Å². The zero-order valence-corrected chi connectivity index (χ0v) is 12.3. The molecule has 1 heterocycles. The molecular weight excluding hydrogens is 320 g/mol. The molecule has 15 heavy (non-hydrogen) atoms. The number of nitrogens with zero attached hydrogens (tertiary/aromatic N) is 2. The summed E-state index contributed by atoms with van der Waals surface area (Å²) in [6.07, 6.45) is 1.85. The maximum atomic E-state index is 4.38. The Hall–Kier alpha value is 0.0700. The van der Waals surface area contributed by atoms with E-state index in [9.17, 15) is 0 Å². The summed E-state index contributed by atoms with van der Waals surface area (Å²) in [4.78, 5) is 6.77. The van der Waals surface area contributed by atoms with Crippen molar-refractivity contribution in [3.8, 4) is 0 Å². The van der Waals surface area contributed by atoms with Crippen LogP contribution >= 0.6 is 31.9 Å². The van der Waals surface area contributed by atoms with E-state index in [1.165, 1.54) is 0 Å². The lowest BCUT2D eigenvalue weighted by Crippen LogP contribution is -2.32. The third-order valence-electron chi connectivity index (χ3n) is 2.26. The minimum absolute atomic E-state index is 0.549. The van der Waals surface area contributed by atoms with Crippen molar-refractivity contribution in [1.29, 1.82) is 0 Å². The maximum Gasteiger partial charge on any atom is 0.0544 e. The zero-order valence-electron chi connectivity index (χ0n) is 9.08. The highest BCUT2D eigenvalue weighted by Gasteiger charge is 2.09. The van der Waals surface area contributed by atoms with E-state index in [0.717, 1.165) is 28.6 Å². The molecule has 0 aliphatic carbocycles. The Morgan fingerprint density at radius 1 is 1.40 bits per heavy atom. The van der Waals surface area contributed by atoms with Crippen LogP contribution in [0.4, 0.5) is 0 Å². The van der Waals surface area contributed by atoms with Gasteiger partial charge in [-0.15, -0.1) is 0 Å². The van der Waals surface area contributed by atoms with Crippen LogP contribution in [0.15, 0.2) is 22.8 Å². The van der Waals surface area contributed by atoms with Gasteiger partial charge in [0.15, 0.2) is 0 Å². The Labute approximate surface area is 108 Å². The molecule has 84 valence electrons. The zero-order chi connectivity index (χ0) is 11.3. The first-order valence-corrected chi connectivity index (χ1v) is 6.95. The number of hydrogen-bond donors (Lipinski definition) is 0. The predicted octanol–water partition coefficient (Wildman–Crippen LogP) is 3.45. The summed E-state index contributed by atoms with van der Waals surface area (Å²) in [5, 5.41) is 1.00. The number of pyridine rings is 1. The van der Waals surface area contributed by atoms with Crippen LogP contribution in [-0.2, 0) is 6.54 Å². The number of rotatable bonds is 5. The Morgan fingerprint density at radius 2 is 2.13 bits per heavy atom. The van der Waals surface area contributed by atoms with E-state index >= 15 is 0 Å². The molecule has 0 fully saturated rings. The van der Waals surface area contributed by atoms with Gasteiger partial charge in [-0.2, -0.15) is 0 Å². The third kappa shape index (κ3) is 4.62. The summed E-state index contributed by atoms with van der Waals surface area (Å²) in [6.45, 7) is 6.38. The molecule has 2 nitrogen and oxygen atoms in total. The molecule has 0 unspecified atom stereocenters. The fraction of sp³-hybridized carbons (Fsp3) is 0.545. The fourth-order valence-corrected chi connectivity index (χ4v) is 2.03. The van der Waals surface area contributed by atoms with Crippen molar-refractivity contribution in [2.24, 2.45) is 0 Å². The van der Waals surface area contributed by atoms with E-state index in [0.29, 0.717) is 6.04 Å². The summed E-state index contributed by atoms with van der Waals surface area (Å²) in [5.41, 5.74) is 1.12. The molecule has 1 aromatic rings. The predicted molar refractivity (Wildman–Crippen MR) is 71.3 cm³/mol. The average molecular weight is 336 g/mol. The van der Waals surface area contributed by atoms with Crippen molar-refractivity contribution >= 4 is 31.9 Å². The molecule has 0 radical (unpaired) electrons. The Bertz CT molecular complexity index is 285. The Morgan fingerprint density at radius 3 is 2.60 bits per heavy atom. The Balaban J connectivity index is 2.61. The summed E-state index contributed by atoms with van der Waals surface area (Å²) in [6, 6.07) is 4.65. The molecule has 0 N–H and O–H groups in total. The van der Waals surface area contributed by atoms with Gasteiger partial charge in [0.25, 0.3) is 0 Å². The van der Waals surface area contributed by atoms with Crippen LogP contribution in [0.2, 0.25) is 0 Å². The quantitative estimate of drug-likeness (QED) is 0.766. The number of aromatic nitrogens is 1. The topological polar surface area (TPSA) is 16.1 Å². The van der Waals surface area contributed by atoms with Gasteiger partial charge in [0.05, 0.1) is 5.69 Å². The lowest BCUT2D eigenvalue weighted by molar-refractivity contribution is 0.225. The van der Waals surface area contributed by atoms with E-state index in [-0.39, 0.29) is 0 Å². The third-order valence-corrected chi connectivity index (χ3v) is 3.08. The minimum Gasteiger partial charge on any atom is -0.294 e. The van der Waals surface area contributed by atoms with Crippen LogP contribution in [0.1, 0.15) is 19.5 Å². The fourth-order valence-electron chi connectivity index (χ4n) is 1.34. The largest absolute Gasteiger partial charge is 0.294 e. The van der Waals surface area contributed by atoms with E-state index in [1.54, 1.807) is 0 Å². The summed E-state index contributed by atoms with van der Waals surface area (Å²) >= 11 is 6.86. The van der Waals surface area contributed by atoms with Crippen LogP contribution in [0.5, 0.6) is 0 Å². The van der Waals surface area contributed by atoms with Crippen molar-refractivity contribution in [1.82, 2.24) is 9.88 Å². The average Bonchev–Trinajstić information content (AvgIpc) is 2.20. The van der Waals surface area contributed by atoms with Gasteiger partial charge in [-0.05, 0) is 41.9 Å². The van der Waals surface area contributed by atoms with Crippen molar-refractivity contribution in [2.75, 3.05) is 11.9 Å². The number of alkyl halides is 1. The molecule has 0 aromatic carbocycles. The molecule has 0 aliphatic rings. The maximum absolute atomic E-state index is 4.38. The smallest absolute Gasteiger partial charge is 0.0544 e. The molecule has 0 saturated heterocycles. The van der Waals surface area contributed by atoms with Gasteiger partial charge in [-0.1, -0.05) is 15.9 Å². The molecule has 0 amide bonds. The number of halogens is 2. The molecule has 0 bridgehead atoms. The first-order chi connectivity index (χ1) is 7.13. The molecule has 1 rings (SSSR count). The van der Waals surface area contributed by atoms with E-state index in [4.69, 9.17) is 0 Å². The lowest BCUT2D eigenvalue weighted by atomic mass is 10.2. The summed E-state index contributed by atoms with van der Waals surface area (Å²) in [7, 11) is 0. The van der Waals surface area contributed by atoms with E-state index < -0.39 is 0 Å². The first kappa shape index (κ1) is 13.1.